The van der Waals surface area contributed by atoms with Crippen LogP contribution in [-0.2, 0) is 16.1 Å². The Labute approximate surface area is 174 Å². The Balaban J connectivity index is 1.63. The molecule has 6 nitrogen and oxygen atoms in total. The third kappa shape index (κ3) is 4.38. The predicted molar refractivity (Wildman–Crippen MR) is 117 cm³/mol. The number of esters is 1. The summed E-state index contributed by atoms with van der Waals surface area (Å²) in [6.07, 6.45) is 5.60. The second kappa shape index (κ2) is 8.61. The van der Waals surface area contributed by atoms with Crippen LogP contribution in [0.25, 0.3) is 28.3 Å². The molecule has 0 aliphatic rings. The Hall–Kier alpha value is -3.93. The number of anilines is 2. The van der Waals surface area contributed by atoms with E-state index < -0.39 is 0 Å². The van der Waals surface area contributed by atoms with Gasteiger partial charge in [0.1, 0.15) is 30.3 Å². The summed E-state index contributed by atoms with van der Waals surface area (Å²) >= 11 is 0. The number of nitrogens with one attached hydrogen (secondary N) is 1. The summed E-state index contributed by atoms with van der Waals surface area (Å²) in [5.41, 5.74) is 3.79. The van der Waals surface area contributed by atoms with Crippen molar-refractivity contribution in [1.82, 2.24) is 9.97 Å². The highest BCUT2D eigenvalue weighted by molar-refractivity contribution is 5.93. The summed E-state index contributed by atoms with van der Waals surface area (Å²) in [6, 6.07) is 17.6. The largest absolute Gasteiger partial charge is 0.458 e. The minimum Gasteiger partial charge on any atom is -0.458 e. The van der Waals surface area contributed by atoms with Gasteiger partial charge in [-0.1, -0.05) is 24.3 Å². The standard InChI is InChI=1S/C24H21N3O3/c1-3-4-17-5-8-19(9-6-17)27-24-21-13-18(7-11-22(21)25-15-26-24)23-12-10-20(30-23)14-29-16(2)28/h3-13,15H,14H2,1-2H3,(H,25,26,27)/b4-3+. The Morgan fingerprint density at radius 3 is 2.70 bits per heavy atom. The molecule has 0 aliphatic carbocycles. The van der Waals surface area contributed by atoms with Crippen molar-refractivity contribution in [3.8, 4) is 11.3 Å². The van der Waals surface area contributed by atoms with Crippen molar-refractivity contribution in [3.05, 3.63) is 78.3 Å². The van der Waals surface area contributed by atoms with Gasteiger partial charge in [0.05, 0.1) is 5.52 Å². The lowest BCUT2D eigenvalue weighted by Gasteiger charge is -2.09. The van der Waals surface area contributed by atoms with Gasteiger partial charge in [-0.05, 0) is 55.0 Å². The van der Waals surface area contributed by atoms with E-state index in [1.54, 1.807) is 12.4 Å². The molecule has 4 rings (SSSR count). The van der Waals surface area contributed by atoms with Crippen LogP contribution in [0.3, 0.4) is 0 Å². The number of fused-ring (bicyclic) bond motifs is 1. The van der Waals surface area contributed by atoms with E-state index in [2.05, 4.69) is 21.4 Å². The number of nitrogens with zero attached hydrogens (tertiary/aromatic N) is 2. The smallest absolute Gasteiger partial charge is 0.303 e. The number of benzene rings is 2. The monoisotopic (exact) mass is 399 g/mol. The van der Waals surface area contributed by atoms with Gasteiger partial charge in [-0.3, -0.25) is 4.79 Å². The van der Waals surface area contributed by atoms with Gasteiger partial charge in [0.25, 0.3) is 0 Å². The first-order valence-corrected chi connectivity index (χ1v) is 9.59. The molecule has 0 saturated carbocycles. The van der Waals surface area contributed by atoms with E-state index in [-0.39, 0.29) is 12.6 Å². The van der Waals surface area contributed by atoms with Crippen LogP contribution in [0.4, 0.5) is 11.5 Å². The Morgan fingerprint density at radius 2 is 1.93 bits per heavy atom. The van der Waals surface area contributed by atoms with Crippen LogP contribution in [-0.4, -0.2) is 15.9 Å². The van der Waals surface area contributed by atoms with E-state index in [4.69, 9.17) is 9.15 Å². The zero-order valence-electron chi connectivity index (χ0n) is 16.8. The van der Waals surface area contributed by atoms with Gasteiger partial charge in [0.15, 0.2) is 0 Å². The molecule has 30 heavy (non-hydrogen) atoms. The molecule has 0 aliphatic heterocycles. The van der Waals surface area contributed by atoms with Gasteiger partial charge in [-0.2, -0.15) is 0 Å². The zero-order valence-corrected chi connectivity index (χ0v) is 16.8. The molecule has 0 saturated heterocycles. The molecule has 0 atom stereocenters. The first-order valence-electron chi connectivity index (χ1n) is 9.59. The average Bonchev–Trinajstić information content (AvgIpc) is 3.23. The molecule has 1 N–H and O–H groups in total. The summed E-state index contributed by atoms with van der Waals surface area (Å²) in [5, 5.41) is 4.25. The molecule has 0 spiro atoms. The highest BCUT2D eigenvalue weighted by Crippen LogP contribution is 2.29. The maximum atomic E-state index is 11.0. The molecule has 0 bridgehead atoms. The lowest BCUT2D eigenvalue weighted by Crippen LogP contribution is -1.97. The minimum absolute atomic E-state index is 0.113. The van der Waals surface area contributed by atoms with Crippen LogP contribution in [0.2, 0.25) is 0 Å². The number of aromatic nitrogens is 2. The summed E-state index contributed by atoms with van der Waals surface area (Å²) in [4.78, 5) is 19.8. The number of hydrogen-bond donors (Lipinski definition) is 1. The Kier molecular flexibility index (Phi) is 5.57. The fourth-order valence-electron chi connectivity index (χ4n) is 3.10. The van der Waals surface area contributed by atoms with Crippen LogP contribution in [0.5, 0.6) is 0 Å². The van der Waals surface area contributed by atoms with Crippen molar-refractivity contribution in [3.63, 3.8) is 0 Å². The second-order valence-electron chi connectivity index (χ2n) is 6.75. The molecule has 0 unspecified atom stereocenters. The number of furan rings is 1. The molecule has 0 radical (unpaired) electrons. The van der Waals surface area contributed by atoms with Crippen molar-refractivity contribution in [2.75, 3.05) is 5.32 Å². The van der Waals surface area contributed by atoms with Crippen molar-refractivity contribution >= 4 is 34.5 Å². The topological polar surface area (TPSA) is 77.3 Å². The molecular weight excluding hydrogens is 378 g/mol. The van der Waals surface area contributed by atoms with Crippen LogP contribution < -0.4 is 5.32 Å². The van der Waals surface area contributed by atoms with Gasteiger partial charge in [-0.25, -0.2) is 9.97 Å². The lowest BCUT2D eigenvalue weighted by atomic mass is 10.1. The van der Waals surface area contributed by atoms with Crippen LogP contribution >= 0.6 is 0 Å². The fourth-order valence-corrected chi connectivity index (χ4v) is 3.10. The van der Waals surface area contributed by atoms with E-state index in [9.17, 15) is 4.79 Å². The molecule has 150 valence electrons. The van der Waals surface area contributed by atoms with Gasteiger partial charge in [-0.15, -0.1) is 0 Å². The van der Waals surface area contributed by atoms with Crippen LogP contribution in [0.15, 0.2) is 71.4 Å². The Bertz CT molecular complexity index is 1210. The fraction of sp³-hybridized carbons (Fsp3) is 0.125. The molecule has 4 aromatic rings. The molecule has 6 heteroatoms. The van der Waals surface area contributed by atoms with E-state index in [0.717, 1.165) is 27.7 Å². The quantitative estimate of drug-likeness (QED) is 0.417. The lowest BCUT2D eigenvalue weighted by molar-refractivity contribution is -0.142. The molecular formula is C24H21N3O3. The summed E-state index contributed by atoms with van der Waals surface area (Å²) < 4.78 is 10.8. The van der Waals surface area contributed by atoms with Gasteiger partial charge in [0.2, 0.25) is 0 Å². The summed E-state index contributed by atoms with van der Waals surface area (Å²) in [5.74, 6) is 1.64. The highest BCUT2D eigenvalue weighted by Gasteiger charge is 2.10. The SMILES string of the molecule is C/C=C/c1ccc(Nc2ncnc3ccc(-c4ccc(COC(C)=O)o4)cc23)cc1. The van der Waals surface area contributed by atoms with Crippen LogP contribution in [0.1, 0.15) is 25.2 Å². The van der Waals surface area contributed by atoms with E-state index >= 15 is 0 Å². The summed E-state index contributed by atoms with van der Waals surface area (Å²) in [7, 11) is 0. The second-order valence-corrected chi connectivity index (χ2v) is 6.75. The number of rotatable bonds is 6. The molecule has 0 amide bonds. The van der Waals surface area contributed by atoms with Crippen molar-refractivity contribution < 1.29 is 13.9 Å². The van der Waals surface area contributed by atoms with Crippen molar-refractivity contribution in [2.24, 2.45) is 0 Å². The zero-order chi connectivity index (χ0) is 20.9. The Morgan fingerprint density at radius 1 is 1.10 bits per heavy atom. The molecule has 0 fully saturated rings. The van der Waals surface area contributed by atoms with Crippen LogP contribution in [0, 0.1) is 0 Å². The maximum Gasteiger partial charge on any atom is 0.303 e. The van der Waals surface area contributed by atoms with Crippen molar-refractivity contribution in [1.29, 1.82) is 0 Å². The molecule has 2 aromatic heterocycles. The highest BCUT2D eigenvalue weighted by atomic mass is 16.5. The average molecular weight is 399 g/mol. The number of allylic oxidation sites excluding steroid dienone is 1. The van der Waals surface area contributed by atoms with Gasteiger partial charge >= 0.3 is 5.97 Å². The normalized spacial score (nSPS) is 11.1. The molecule has 2 heterocycles. The summed E-state index contributed by atoms with van der Waals surface area (Å²) in [6.45, 7) is 3.48. The van der Waals surface area contributed by atoms with E-state index in [1.807, 2.05) is 61.5 Å². The third-order valence-electron chi connectivity index (χ3n) is 4.53. The number of ether oxygens (including phenoxy) is 1. The number of carbonyl (C=O) groups excluding carboxylic acids is 1. The minimum atomic E-state index is -0.342. The first-order chi connectivity index (χ1) is 14.6. The van der Waals surface area contributed by atoms with E-state index in [0.29, 0.717) is 17.3 Å². The van der Waals surface area contributed by atoms with Crippen molar-refractivity contribution in [2.45, 2.75) is 20.5 Å². The van der Waals surface area contributed by atoms with E-state index in [1.165, 1.54) is 6.92 Å². The number of hydrogen-bond acceptors (Lipinski definition) is 6. The van der Waals surface area contributed by atoms with Gasteiger partial charge in [0, 0.05) is 23.6 Å². The van der Waals surface area contributed by atoms with Gasteiger partial charge < -0.3 is 14.5 Å². The number of carbonyl (C=O) groups is 1. The first kappa shape index (κ1) is 19.4. The predicted octanol–water partition coefficient (Wildman–Crippen LogP) is 5.73. The molecule has 2 aromatic carbocycles. The third-order valence-corrected chi connectivity index (χ3v) is 4.53. The maximum absolute atomic E-state index is 11.0.